The summed E-state index contributed by atoms with van der Waals surface area (Å²) in [7, 11) is 1.37. The molecule has 1 aromatic carbocycles. The van der Waals surface area contributed by atoms with E-state index in [1.165, 1.54) is 19.2 Å². The van der Waals surface area contributed by atoms with Crippen LogP contribution in [0.4, 0.5) is 10.1 Å². The molecule has 1 rings (SSSR count). The first kappa shape index (κ1) is 12.5. The van der Waals surface area contributed by atoms with Gasteiger partial charge in [-0.3, -0.25) is 4.79 Å². The zero-order chi connectivity index (χ0) is 12.0. The average molecular weight is 225 g/mol. The van der Waals surface area contributed by atoms with Gasteiger partial charge in [-0.2, -0.15) is 0 Å². The summed E-state index contributed by atoms with van der Waals surface area (Å²) in [5.41, 5.74) is 0.910. The molecule has 0 atom stereocenters. The number of rotatable bonds is 5. The van der Waals surface area contributed by atoms with Gasteiger partial charge in [0.2, 0.25) is 0 Å². The molecule has 0 spiro atoms. The van der Waals surface area contributed by atoms with Crippen LogP contribution < -0.4 is 4.90 Å². The van der Waals surface area contributed by atoms with Crippen molar-refractivity contribution >= 4 is 11.7 Å². The molecule has 88 valence electrons. The molecular weight excluding hydrogens is 209 g/mol. The molecule has 0 saturated carbocycles. The van der Waals surface area contributed by atoms with Gasteiger partial charge in [0.05, 0.1) is 13.5 Å². The van der Waals surface area contributed by atoms with E-state index in [2.05, 4.69) is 4.74 Å². The summed E-state index contributed by atoms with van der Waals surface area (Å²) in [5, 5.41) is 0. The molecule has 0 heterocycles. The van der Waals surface area contributed by atoms with Crippen LogP contribution in [-0.2, 0) is 9.53 Å². The summed E-state index contributed by atoms with van der Waals surface area (Å²) >= 11 is 0. The molecule has 0 aliphatic rings. The monoisotopic (exact) mass is 225 g/mol. The van der Waals surface area contributed by atoms with Crippen molar-refractivity contribution in [3.05, 3.63) is 30.1 Å². The zero-order valence-corrected chi connectivity index (χ0v) is 9.57. The lowest BCUT2D eigenvalue weighted by Gasteiger charge is -2.22. The van der Waals surface area contributed by atoms with E-state index >= 15 is 0 Å². The SMILES string of the molecule is CCN(CCC(=O)OC)c1ccc(F)cc1. The molecule has 0 aromatic heterocycles. The Kier molecular flexibility index (Phi) is 4.76. The van der Waals surface area contributed by atoms with E-state index in [1.807, 2.05) is 11.8 Å². The number of ether oxygens (including phenoxy) is 1. The third-order valence-electron chi connectivity index (χ3n) is 2.39. The van der Waals surface area contributed by atoms with Gasteiger partial charge in [-0.1, -0.05) is 0 Å². The minimum atomic E-state index is -0.257. The topological polar surface area (TPSA) is 29.5 Å². The first-order valence-electron chi connectivity index (χ1n) is 5.24. The number of hydrogen-bond acceptors (Lipinski definition) is 3. The van der Waals surface area contributed by atoms with Gasteiger partial charge < -0.3 is 9.64 Å². The molecule has 0 radical (unpaired) electrons. The van der Waals surface area contributed by atoms with Crippen LogP contribution >= 0.6 is 0 Å². The summed E-state index contributed by atoms with van der Waals surface area (Å²) in [6, 6.07) is 6.23. The van der Waals surface area contributed by atoms with Gasteiger partial charge in [0.25, 0.3) is 0 Å². The number of nitrogens with zero attached hydrogens (tertiary/aromatic N) is 1. The van der Waals surface area contributed by atoms with Crippen molar-refractivity contribution in [3.63, 3.8) is 0 Å². The van der Waals surface area contributed by atoms with Crippen molar-refractivity contribution in [3.8, 4) is 0 Å². The summed E-state index contributed by atoms with van der Waals surface area (Å²) < 4.78 is 17.3. The highest BCUT2D eigenvalue weighted by Gasteiger charge is 2.07. The molecule has 0 bridgehead atoms. The number of carbonyl (C=O) groups excluding carboxylic acids is 1. The molecule has 0 fully saturated rings. The number of benzene rings is 1. The Morgan fingerprint density at radius 2 is 2.00 bits per heavy atom. The van der Waals surface area contributed by atoms with Crippen LogP contribution in [0.25, 0.3) is 0 Å². The van der Waals surface area contributed by atoms with Gasteiger partial charge in [0, 0.05) is 18.8 Å². The molecule has 3 nitrogen and oxygen atoms in total. The van der Waals surface area contributed by atoms with Crippen LogP contribution in [0.5, 0.6) is 0 Å². The van der Waals surface area contributed by atoms with Crippen LogP contribution in [0.1, 0.15) is 13.3 Å². The minimum Gasteiger partial charge on any atom is -0.469 e. The van der Waals surface area contributed by atoms with Crippen molar-refractivity contribution in [1.82, 2.24) is 0 Å². The molecule has 0 amide bonds. The fourth-order valence-electron chi connectivity index (χ4n) is 1.45. The first-order chi connectivity index (χ1) is 7.67. The van der Waals surface area contributed by atoms with Crippen molar-refractivity contribution in [2.24, 2.45) is 0 Å². The maximum atomic E-state index is 12.7. The maximum absolute atomic E-state index is 12.7. The highest BCUT2D eigenvalue weighted by atomic mass is 19.1. The van der Waals surface area contributed by atoms with Gasteiger partial charge in [-0.15, -0.1) is 0 Å². The Labute approximate surface area is 94.8 Å². The molecule has 0 unspecified atom stereocenters. The highest BCUT2D eigenvalue weighted by molar-refractivity contribution is 5.70. The average Bonchev–Trinajstić information content (AvgIpc) is 2.31. The van der Waals surface area contributed by atoms with Gasteiger partial charge >= 0.3 is 5.97 Å². The zero-order valence-electron chi connectivity index (χ0n) is 9.57. The third-order valence-corrected chi connectivity index (χ3v) is 2.39. The van der Waals surface area contributed by atoms with E-state index in [9.17, 15) is 9.18 Å². The summed E-state index contributed by atoms with van der Waals surface area (Å²) in [5.74, 6) is -0.492. The van der Waals surface area contributed by atoms with E-state index in [0.29, 0.717) is 13.0 Å². The predicted octanol–water partition coefficient (Wildman–Crippen LogP) is 2.22. The van der Waals surface area contributed by atoms with Crippen molar-refractivity contribution in [2.75, 3.05) is 25.1 Å². The van der Waals surface area contributed by atoms with Gasteiger partial charge in [0.15, 0.2) is 0 Å². The predicted molar refractivity (Wildman–Crippen MR) is 60.9 cm³/mol. The van der Waals surface area contributed by atoms with Crippen molar-refractivity contribution in [1.29, 1.82) is 0 Å². The van der Waals surface area contributed by atoms with Crippen LogP contribution in [0.15, 0.2) is 24.3 Å². The van der Waals surface area contributed by atoms with E-state index in [1.54, 1.807) is 12.1 Å². The largest absolute Gasteiger partial charge is 0.469 e. The lowest BCUT2D eigenvalue weighted by Crippen LogP contribution is -2.26. The summed E-state index contributed by atoms with van der Waals surface area (Å²) in [6.45, 7) is 3.33. The van der Waals surface area contributed by atoms with Crippen molar-refractivity contribution in [2.45, 2.75) is 13.3 Å². The number of methoxy groups -OCH3 is 1. The van der Waals surface area contributed by atoms with Gasteiger partial charge in [0.1, 0.15) is 5.82 Å². The first-order valence-corrected chi connectivity index (χ1v) is 5.24. The van der Waals surface area contributed by atoms with E-state index in [-0.39, 0.29) is 11.8 Å². The number of esters is 1. The molecule has 0 saturated heterocycles. The second kappa shape index (κ2) is 6.10. The number of halogens is 1. The maximum Gasteiger partial charge on any atom is 0.307 e. The normalized spacial score (nSPS) is 9.94. The highest BCUT2D eigenvalue weighted by Crippen LogP contribution is 2.14. The van der Waals surface area contributed by atoms with Gasteiger partial charge in [-0.05, 0) is 31.2 Å². The summed E-state index contributed by atoms with van der Waals surface area (Å²) in [6.07, 6.45) is 0.335. The minimum absolute atomic E-state index is 0.236. The lowest BCUT2D eigenvalue weighted by molar-refractivity contribution is -0.140. The standard InChI is InChI=1S/C12H16FNO2/c1-3-14(9-8-12(15)16-2)11-6-4-10(13)5-7-11/h4-7H,3,8-9H2,1-2H3. The fraction of sp³-hybridized carbons (Fsp3) is 0.417. The van der Waals surface area contributed by atoms with Gasteiger partial charge in [-0.25, -0.2) is 4.39 Å². The quantitative estimate of drug-likeness (QED) is 0.719. The van der Waals surface area contributed by atoms with Crippen LogP contribution in [-0.4, -0.2) is 26.2 Å². The Morgan fingerprint density at radius 1 is 1.38 bits per heavy atom. The Balaban J connectivity index is 2.60. The molecule has 4 heteroatoms. The Bertz CT molecular complexity index is 337. The number of hydrogen-bond donors (Lipinski definition) is 0. The fourth-order valence-corrected chi connectivity index (χ4v) is 1.45. The molecule has 0 N–H and O–H groups in total. The smallest absolute Gasteiger partial charge is 0.307 e. The molecule has 0 aliphatic heterocycles. The summed E-state index contributed by atoms with van der Waals surface area (Å²) in [4.78, 5) is 13.0. The number of carbonyl (C=O) groups is 1. The van der Waals surface area contributed by atoms with E-state index < -0.39 is 0 Å². The van der Waals surface area contributed by atoms with Crippen LogP contribution in [0.2, 0.25) is 0 Å². The Hall–Kier alpha value is -1.58. The van der Waals surface area contributed by atoms with E-state index in [0.717, 1.165) is 12.2 Å². The molecule has 16 heavy (non-hydrogen) atoms. The molecule has 1 aromatic rings. The lowest BCUT2D eigenvalue weighted by atomic mass is 10.2. The van der Waals surface area contributed by atoms with Crippen LogP contribution in [0.3, 0.4) is 0 Å². The third kappa shape index (κ3) is 3.53. The number of anilines is 1. The Morgan fingerprint density at radius 3 is 2.50 bits per heavy atom. The van der Waals surface area contributed by atoms with Crippen LogP contribution in [0, 0.1) is 5.82 Å². The van der Waals surface area contributed by atoms with Crippen molar-refractivity contribution < 1.29 is 13.9 Å². The molecular formula is C12H16FNO2. The second-order valence-electron chi connectivity index (χ2n) is 3.38. The molecule has 0 aliphatic carbocycles. The second-order valence-corrected chi connectivity index (χ2v) is 3.38. The van der Waals surface area contributed by atoms with E-state index in [4.69, 9.17) is 0 Å².